The number of carbonyl (C=O) groups excluding carboxylic acids is 2. The fourth-order valence-corrected chi connectivity index (χ4v) is 3.18. The van der Waals surface area contributed by atoms with Crippen LogP contribution in [0.5, 0.6) is 5.75 Å². The molecule has 0 radical (unpaired) electrons. The first-order valence-electron chi connectivity index (χ1n) is 6.55. The zero-order valence-electron chi connectivity index (χ0n) is 11.9. The van der Waals surface area contributed by atoms with E-state index in [4.69, 9.17) is 15.6 Å². The molecule has 2 atom stereocenters. The highest BCUT2D eigenvalue weighted by Crippen LogP contribution is 2.35. The number of ether oxygens (including phenoxy) is 1. The molecule has 0 spiro atoms. The summed E-state index contributed by atoms with van der Waals surface area (Å²) in [6.45, 7) is 0. The van der Waals surface area contributed by atoms with E-state index < -0.39 is 17.3 Å². The molecule has 0 saturated carbocycles. The average Bonchev–Trinajstić information content (AvgIpc) is 2.78. The van der Waals surface area contributed by atoms with Crippen molar-refractivity contribution in [1.29, 1.82) is 0 Å². The molecule has 22 heavy (non-hydrogen) atoms. The number of rotatable bonds is 6. The summed E-state index contributed by atoms with van der Waals surface area (Å²) in [5.74, 6) is -1.35. The van der Waals surface area contributed by atoms with Crippen molar-refractivity contribution in [3.63, 3.8) is 0 Å². The zero-order chi connectivity index (χ0) is 16.3. The molecule has 1 heterocycles. The summed E-state index contributed by atoms with van der Waals surface area (Å²) in [4.78, 5) is 36.3. The Bertz CT molecular complexity index is 607. The molecule has 1 aliphatic rings. The molecule has 0 aromatic heterocycles. The number of hydrogen-bond acceptors (Lipinski definition) is 6. The normalized spacial score (nSPS) is 19.4. The highest BCUT2D eigenvalue weighted by molar-refractivity contribution is 8.00. The zero-order valence-corrected chi connectivity index (χ0v) is 12.7. The molecular formula is C14H16N2O5S. The number of nitrogens with two attached hydrogens (primary N) is 1. The van der Waals surface area contributed by atoms with Crippen LogP contribution in [0, 0.1) is 0 Å². The van der Waals surface area contributed by atoms with Crippen LogP contribution in [0.15, 0.2) is 24.3 Å². The fourth-order valence-electron chi connectivity index (χ4n) is 2.09. The number of para-hydroxylation sites is 2. The summed E-state index contributed by atoms with van der Waals surface area (Å²) >= 11 is 1.09. The molecule has 2 rings (SSSR count). The minimum Gasteiger partial charge on any atom is -0.495 e. The standard InChI is InChI=1S/C14H16N2O5S/c1-21-10-5-3-2-4-9(10)16-12(17)6-11(13(16)18)22-7-8(15)14(19)20/h2-5,8,11H,6-7,15H2,1H3,(H,19,20). The van der Waals surface area contributed by atoms with Crippen molar-refractivity contribution in [1.82, 2.24) is 0 Å². The van der Waals surface area contributed by atoms with Crippen molar-refractivity contribution < 1.29 is 24.2 Å². The Balaban J connectivity index is 2.14. The van der Waals surface area contributed by atoms with Crippen LogP contribution in [0.4, 0.5) is 5.69 Å². The van der Waals surface area contributed by atoms with Gasteiger partial charge in [0, 0.05) is 12.2 Å². The van der Waals surface area contributed by atoms with Gasteiger partial charge >= 0.3 is 5.97 Å². The molecule has 0 bridgehead atoms. The number of hydrogen-bond donors (Lipinski definition) is 2. The number of carboxylic acid groups (broad SMARTS) is 1. The lowest BCUT2D eigenvalue weighted by Gasteiger charge is -2.18. The summed E-state index contributed by atoms with van der Waals surface area (Å²) in [6.07, 6.45) is 0.0217. The van der Waals surface area contributed by atoms with Crippen LogP contribution in [0.3, 0.4) is 0 Å². The first kappa shape index (κ1) is 16.3. The quantitative estimate of drug-likeness (QED) is 0.732. The van der Waals surface area contributed by atoms with E-state index in [1.165, 1.54) is 7.11 Å². The molecule has 0 aliphatic carbocycles. The van der Waals surface area contributed by atoms with Crippen LogP contribution in [-0.2, 0) is 14.4 Å². The van der Waals surface area contributed by atoms with E-state index in [1.54, 1.807) is 24.3 Å². The number of benzene rings is 1. The maximum atomic E-state index is 12.4. The van der Waals surface area contributed by atoms with Gasteiger partial charge in [0.2, 0.25) is 11.8 Å². The van der Waals surface area contributed by atoms with Gasteiger partial charge in [-0.1, -0.05) is 12.1 Å². The molecule has 7 nitrogen and oxygen atoms in total. The molecule has 3 N–H and O–H groups in total. The number of carboxylic acids is 1. The van der Waals surface area contributed by atoms with Gasteiger partial charge in [-0.2, -0.15) is 0 Å². The van der Waals surface area contributed by atoms with Gasteiger partial charge in [-0.3, -0.25) is 14.4 Å². The lowest BCUT2D eigenvalue weighted by molar-refractivity contribution is -0.138. The summed E-state index contributed by atoms with van der Waals surface area (Å²) in [5.41, 5.74) is 5.81. The molecule has 2 unspecified atom stereocenters. The number of methoxy groups -OCH3 is 1. The van der Waals surface area contributed by atoms with E-state index in [0.717, 1.165) is 16.7 Å². The molecule has 1 aliphatic heterocycles. The van der Waals surface area contributed by atoms with Gasteiger partial charge in [-0.15, -0.1) is 11.8 Å². The number of imide groups is 1. The first-order valence-corrected chi connectivity index (χ1v) is 7.60. The minimum atomic E-state index is -1.13. The second kappa shape index (κ2) is 6.80. The third-order valence-corrected chi connectivity index (χ3v) is 4.55. The van der Waals surface area contributed by atoms with Gasteiger partial charge in [0.15, 0.2) is 0 Å². The Morgan fingerprint density at radius 3 is 2.82 bits per heavy atom. The number of anilines is 1. The lowest BCUT2D eigenvalue weighted by Crippen LogP contribution is -2.35. The smallest absolute Gasteiger partial charge is 0.321 e. The van der Waals surface area contributed by atoms with Crippen molar-refractivity contribution in [2.75, 3.05) is 17.8 Å². The summed E-state index contributed by atoms with van der Waals surface area (Å²) in [5, 5.41) is 8.13. The van der Waals surface area contributed by atoms with Crippen LogP contribution in [0.2, 0.25) is 0 Å². The Hall–Kier alpha value is -2.06. The molecule has 2 amide bonds. The van der Waals surface area contributed by atoms with Gasteiger partial charge in [0.25, 0.3) is 0 Å². The highest BCUT2D eigenvalue weighted by atomic mass is 32.2. The topological polar surface area (TPSA) is 110 Å². The summed E-state index contributed by atoms with van der Waals surface area (Å²) in [6, 6.07) is 5.68. The van der Waals surface area contributed by atoms with E-state index in [1.807, 2.05) is 0 Å². The van der Waals surface area contributed by atoms with E-state index in [0.29, 0.717) is 11.4 Å². The number of thioether (sulfide) groups is 1. The Morgan fingerprint density at radius 1 is 1.50 bits per heavy atom. The van der Waals surface area contributed by atoms with Gasteiger partial charge in [0.05, 0.1) is 18.0 Å². The average molecular weight is 324 g/mol. The van der Waals surface area contributed by atoms with Gasteiger partial charge < -0.3 is 15.6 Å². The largest absolute Gasteiger partial charge is 0.495 e. The molecule has 1 aromatic carbocycles. The second-order valence-corrected chi connectivity index (χ2v) is 5.95. The monoisotopic (exact) mass is 324 g/mol. The van der Waals surface area contributed by atoms with Crippen molar-refractivity contribution in [2.45, 2.75) is 17.7 Å². The Morgan fingerprint density at radius 2 is 2.18 bits per heavy atom. The van der Waals surface area contributed by atoms with Gasteiger partial charge in [-0.25, -0.2) is 4.90 Å². The summed E-state index contributed by atoms with van der Waals surface area (Å²) < 4.78 is 5.17. The van der Waals surface area contributed by atoms with Crippen LogP contribution in [0.25, 0.3) is 0 Å². The SMILES string of the molecule is COc1ccccc1N1C(=O)CC(SCC(N)C(=O)O)C1=O. The van der Waals surface area contributed by atoms with E-state index in [9.17, 15) is 14.4 Å². The predicted octanol–water partition coefficient (Wildman–Crippen LogP) is 0.472. The fraction of sp³-hybridized carbons (Fsp3) is 0.357. The Labute approximate surface area is 131 Å². The first-order chi connectivity index (χ1) is 10.5. The van der Waals surface area contributed by atoms with Crippen molar-refractivity contribution >= 4 is 35.2 Å². The molecule has 118 valence electrons. The highest BCUT2D eigenvalue weighted by Gasteiger charge is 2.41. The van der Waals surface area contributed by atoms with Crippen LogP contribution < -0.4 is 15.4 Å². The second-order valence-electron chi connectivity index (χ2n) is 4.71. The molecule has 1 fully saturated rings. The maximum Gasteiger partial charge on any atom is 0.321 e. The number of carbonyl (C=O) groups is 3. The lowest BCUT2D eigenvalue weighted by atomic mass is 10.2. The molecule has 1 aromatic rings. The minimum absolute atomic E-state index is 0.0217. The van der Waals surface area contributed by atoms with Crippen LogP contribution in [0.1, 0.15) is 6.42 Å². The van der Waals surface area contributed by atoms with Crippen molar-refractivity contribution in [3.8, 4) is 5.75 Å². The number of amides is 2. The summed E-state index contributed by atoms with van der Waals surface area (Å²) in [7, 11) is 1.46. The van der Waals surface area contributed by atoms with Gasteiger partial charge in [0.1, 0.15) is 11.8 Å². The van der Waals surface area contributed by atoms with Crippen LogP contribution in [-0.4, -0.2) is 47.0 Å². The van der Waals surface area contributed by atoms with E-state index in [2.05, 4.69) is 0 Å². The Kier molecular flexibility index (Phi) is 5.04. The van der Waals surface area contributed by atoms with E-state index >= 15 is 0 Å². The van der Waals surface area contributed by atoms with Crippen molar-refractivity contribution in [3.05, 3.63) is 24.3 Å². The van der Waals surface area contributed by atoms with E-state index in [-0.39, 0.29) is 24.0 Å². The molecule has 1 saturated heterocycles. The maximum absolute atomic E-state index is 12.4. The number of aliphatic carboxylic acids is 1. The molecule has 8 heteroatoms. The van der Waals surface area contributed by atoms with Gasteiger partial charge in [-0.05, 0) is 12.1 Å². The van der Waals surface area contributed by atoms with Crippen LogP contribution >= 0.6 is 11.8 Å². The predicted molar refractivity (Wildman–Crippen MR) is 82.0 cm³/mol. The van der Waals surface area contributed by atoms with Crippen molar-refractivity contribution in [2.24, 2.45) is 5.73 Å². The molecular weight excluding hydrogens is 308 g/mol. The third kappa shape index (κ3) is 3.23. The third-order valence-electron chi connectivity index (χ3n) is 3.23. The number of nitrogens with zero attached hydrogens (tertiary/aromatic N) is 1.